The molecule has 0 aliphatic heterocycles. The Labute approximate surface area is 180 Å². The molecule has 1 aromatic rings. The minimum Gasteiger partial charge on any atom is -0.508 e. The van der Waals surface area contributed by atoms with Crippen molar-refractivity contribution in [2.75, 3.05) is 14.0 Å². The number of hydrogen-bond donors (Lipinski definition) is 5. The summed E-state index contributed by atoms with van der Waals surface area (Å²) in [5, 5.41) is 43.5. The van der Waals surface area contributed by atoms with Crippen molar-refractivity contribution in [1.29, 1.82) is 0 Å². The summed E-state index contributed by atoms with van der Waals surface area (Å²) in [6, 6.07) is 2.00. The molecule has 1 saturated carbocycles. The summed E-state index contributed by atoms with van der Waals surface area (Å²) in [5.41, 5.74) is 0.601. The number of carbonyl (C=O) groups excluding carboxylic acids is 3. The van der Waals surface area contributed by atoms with Crippen molar-refractivity contribution in [1.82, 2.24) is 4.90 Å². The molecule has 4 atom stereocenters. The highest BCUT2D eigenvalue weighted by Gasteiger charge is 2.64. The summed E-state index contributed by atoms with van der Waals surface area (Å²) in [4.78, 5) is 38.9. The van der Waals surface area contributed by atoms with Crippen LogP contribution in [0.3, 0.4) is 0 Å². The van der Waals surface area contributed by atoms with Gasteiger partial charge in [-0.25, -0.2) is 0 Å². The Morgan fingerprint density at radius 1 is 1.27 bits per heavy atom. The molecule has 0 spiro atoms. The van der Waals surface area contributed by atoms with Gasteiger partial charge in [0.25, 0.3) is 5.91 Å². The average Bonchev–Trinajstić information content (AvgIpc) is 2.71. The monoisotopic (exact) mass is 420 g/mol. The van der Waals surface area contributed by atoms with Crippen LogP contribution in [-0.4, -0.2) is 68.4 Å². The number of phenols is 1. The van der Waals surface area contributed by atoms with Crippen LogP contribution >= 0.6 is 0 Å². The van der Waals surface area contributed by atoms with E-state index in [1.54, 1.807) is 6.07 Å². The maximum absolute atomic E-state index is 13.7. The lowest BCUT2D eigenvalue weighted by Crippen LogP contribution is -2.65. The number of nitrogens with two attached hydrogens (primary N) is 1. The Kier molecular flexibility index (Phi) is 2.98. The molecule has 30 heavy (non-hydrogen) atoms. The number of benzene rings is 1. The Hall–Kier alpha value is -3.17. The fraction of sp³-hybridized carbons (Fsp3) is 0.381. The first kappa shape index (κ1) is 13.9. The van der Waals surface area contributed by atoms with E-state index in [1.165, 1.54) is 12.1 Å². The molecular formula is C21H22N2O7. The highest BCUT2D eigenvalue weighted by atomic mass is 16.3. The summed E-state index contributed by atoms with van der Waals surface area (Å²) < 4.78 is 46.5. The lowest BCUT2D eigenvalue weighted by Gasteiger charge is -2.50. The highest BCUT2D eigenvalue weighted by molar-refractivity contribution is 6.24. The second-order valence-electron chi connectivity index (χ2n) is 7.68. The number of fused-ring (bicyclic) bond motifs is 3. The minimum absolute atomic E-state index is 0.00293. The van der Waals surface area contributed by atoms with Crippen LogP contribution in [0.5, 0.6) is 5.75 Å². The Morgan fingerprint density at radius 2 is 1.97 bits per heavy atom. The molecule has 0 saturated heterocycles. The molecule has 0 radical (unpaired) electrons. The van der Waals surface area contributed by atoms with Crippen LogP contribution in [0.15, 0.2) is 35.1 Å². The van der Waals surface area contributed by atoms with Crippen LogP contribution in [0.2, 0.25) is 0 Å². The van der Waals surface area contributed by atoms with Crippen LogP contribution in [0.25, 0.3) is 5.76 Å². The van der Waals surface area contributed by atoms with Crippen molar-refractivity contribution in [3.8, 4) is 5.75 Å². The van der Waals surface area contributed by atoms with Crippen LogP contribution in [0.1, 0.15) is 25.8 Å². The van der Waals surface area contributed by atoms with Crippen LogP contribution in [0, 0.1) is 11.8 Å². The topological polar surface area (TPSA) is 161 Å². The quantitative estimate of drug-likeness (QED) is 0.417. The van der Waals surface area contributed by atoms with E-state index in [-0.39, 0.29) is 22.6 Å². The lowest BCUT2D eigenvalue weighted by molar-refractivity contribution is -0.153. The standard InChI is InChI=1S/C21H22N2O7/c1-23(2)15-10-7-9-6-8-4-3-5-11(24)12(8)16(25)13(9)18(27)21(10,30)19(28)14(17(15)26)20(22)29/h3-5,9-10,15,24-25,28,30H,6-7H2,1-2H3,(H2,22,29)/t9-,10-,15-,21-/m0/s1/i1D3,2D3. The van der Waals surface area contributed by atoms with Crippen molar-refractivity contribution < 1.29 is 43.0 Å². The average molecular weight is 420 g/mol. The van der Waals surface area contributed by atoms with Gasteiger partial charge in [-0.15, -0.1) is 0 Å². The second kappa shape index (κ2) is 6.41. The number of aliphatic hydroxyl groups excluding tert-OH is 2. The minimum atomic E-state index is -3.46. The first-order valence-corrected chi connectivity index (χ1v) is 9.02. The number of aromatic hydroxyl groups is 1. The summed E-state index contributed by atoms with van der Waals surface area (Å²) >= 11 is 0. The van der Waals surface area contributed by atoms with Gasteiger partial charge in [0.05, 0.1) is 11.6 Å². The molecule has 4 rings (SSSR count). The Bertz CT molecular complexity index is 1250. The van der Waals surface area contributed by atoms with Gasteiger partial charge in [0.2, 0.25) is 5.78 Å². The van der Waals surface area contributed by atoms with Crippen molar-refractivity contribution in [3.63, 3.8) is 0 Å². The summed E-state index contributed by atoms with van der Waals surface area (Å²) in [5.74, 6) is -9.80. The molecule has 0 bridgehead atoms. The number of Topliss-reactive ketones (excluding diaryl/α,β-unsaturated/α-hetero) is 2. The molecule has 0 unspecified atom stereocenters. The highest BCUT2D eigenvalue weighted by Crippen LogP contribution is 2.52. The number of rotatable bonds is 2. The number of phenolic OH excluding ortho intramolecular Hbond substituents is 1. The van der Waals surface area contributed by atoms with Crippen molar-refractivity contribution >= 4 is 23.2 Å². The van der Waals surface area contributed by atoms with Gasteiger partial charge in [-0.2, -0.15) is 0 Å². The molecule has 9 heteroatoms. The molecule has 9 nitrogen and oxygen atoms in total. The number of amides is 1. The van der Waals surface area contributed by atoms with Crippen molar-refractivity contribution in [2.45, 2.75) is 24.5 Å². The number of hydrogen-bond acceptors (Lipinski definition) is 8. The normalized spacial score (nSPS) is 34.7. The molecule has 158 valence electrons. The van der Waals surface area contributed by atoms with Gasteiger partial charge in [0.1, 0.15) is 22.8 Å². The number of aliphatic hydroxyl groups is 3. The fourth-order valence-corrected chi connectivity index (χ4v) is 4.88. The van der Waals surface area contributed by atoms with Crippen molar-refractivity contribution in [3.05, 3.63) is 46.2 Å². The SMILES string of the molecule is [2H]C([2H])([2H])N([C@@H]1C(=O)C(C(N)=O)=C(O)[C@@]2(O)C(=O)C3=C(O)c4c(O)cccc4C[C@H]3C[C@@H]12)C([2H])([2H])[2H]. The first-order chi connectivity index (χ1) is 16.4. The summed E-state index contributed by atoms with van der Waals surface area (Å²) in [6.07, 6.45) is -0.442. The zero-order valence-electron chi connectivity index (χ0n) is 21.4. The van der Waals surface area contributed by atoms with Crippen LogP contribution < -0.4 is 5.73 Å². The van der Waals surface area contributed by atoms with E-state index in [2.05, 4.69) is 0 Å². The van der Waals surface area contributed by atoms with Gasteiger partial charge in [0, 0.05) is 19.7 Å². The summed E-state index contributed by atoms with van der Waals surface area (Å²) in [6.45, 7) is -6.93. The van der Waals surface area contributed by atoms with Gasteiger partial charge < -0.3 is 26.2 Å². The molecule has 3 aliphatic carbocycles. The number of likely N-dealkylation sites (N-methyl/N-ethyl adjacent to an activating group) is 1. The molecule has 1 amide bonds. The van der Waals surface area contributed by atoms with E-state index in [0.29, 0.717) is 5.56 Å². The smallest absolute Gasteiger partial charge is 0.255 e. The number of ketones is 2. The third-order valence-electron chi connectivity index (χ3n) is 6.18. The zero-order chi connectivity index (χ0) is 27.1. The van der Waals surface area contributed by atoms with Gasteiger partial charge in [-0.3, -0.25) is 19.3 Å². The van der Waals surface area contributed by atoms with Gasteiger partial charge >= 0.3 is 0 Å². The van der Waals surface area contributed by atoms with E-state index in [1.807, 2.05) is 0 Å². The lowest BCUT2D eigenvalue weighted by atomic mass is 9.57. The zero-order valence-corrected chi connectivity index (χ0v) is 15.4. The van der Waals surface area contributed by atoms with E-state index in [0.717, 1.165) is 0 Å². The Morgan fingerprint density at radius 3 is 2.60 bits per heavy atom. The third kappa shape index (κ3) is 2.39. The molecule has 6 N–H and O–H groups in total. The largest absolute Gasteiger partial charge is 0.508 e. The molecule has 0 aromatic heterocycles. The molecular weight excluding hydrogens is 392 g/mol. The van der Waals surface area contributed by atoms with E-state index >= 15 is 0 Å². The first-order valence-electron chi connectivity index (χ1n) is 12.0. The van der Waals surface area contributed by atoms with Crippen molar-refractivity contribution in [2.24, 2.45) is 17.6 Å². The number of primary amides is 1. The van der Waals surface area contributed by atoms with E-state index in [9.17, 15) is 34.8 Å². The summed E-state index contributed by atoms with van der Waals surface area (Å²) in [7, 11) is 0. The predicted octanol–water partition coefficient (Wildman–Crippen LogP) is -0.0360. The van der Waals surface area contributed by atoms with Gasteiger partial charge in [0.15, 0.2) is 11.4 Å². The van der Waals surface area contributed by atoms with Crippen LogP contribution in [0.4, 0.5) is 0 Å². The third-order valence-corrected chi connectivity index (χ3v) is 6.18. The molecule has 1 fully saturated rings. The maximum atomic E-state index is 13.7. The second-order valence-corrected chi connectivity index (χ2v) is 7.68. The maximum Gasteiger partial charge on any atom is 0.255 e. The van der Waals surface area contributed by atoms with E-state index < -0.39 is 84.0 Å². The predicted molar refractivity (Wildman–Crippen MR) is 104 cm³/mol. The number of carbonyl (C=O) groups is 3. The molecule has 3 aliphatic rings. The van der Waals surface area contributed by atoms with Gasteiger partial charge in [-0.05, 0) is 44.3 Å². The molecule has 0 heterocycles. The number of nitrogens with zero attached hydrogens (tertiary/aromatic N) is 1. The van der Waals surface area contributed by atoms with Gasteiger partial charge in [-0.1, -0.05) is 12.1 Å². The molecule has 1 aromatic carbocycles. The van der Waals surface area contributed by atoms with E-state index in [4.69, 9.17) is 14.0 Å². The fourth-order valence-electron chi connectivity index (χ4n) is 4.88. The van der Waals surface area contributed by atoms with Crippen LogP contribution in [-0.2, 0) is 20.8 Å². The Balaban J connectivity index is 2.02.